The molecule has 0 spiro atoms. The standard InChI is InChI=1S/C11H18O/c1-10(2)6-5-8-11-7-3-4-9-12-11/h5,7-8,10H,3-4,6,9H2,1-2H3/b8-5+. The van der Waals surface area contributed by atoms with Crippen molar-refractivity contribution in [2.24, 2.45) is 5.92 Å². The molecule has 1 aliphatic heterocycles. The fraction of sp³-hybridized carbons (Fsp3) is 0.636. The maximum absolute atomic E-state index is 5.43. The Morgan fingerprint density at radius 3 is 3.00 bits per heavy atom. The van der Waals surface area contributed by atoms with Gasteiger partial charge in [0, 0.05) is 0 Å². The minimum atomic E-state index is 0.741. The van der Waals surface area contributed by atoms with E-state index < -0.39 is 0 Å². The summed E-state index contributed by atoms with van der Waals surface area (Å²) in [6.07, 6.45) is 9.94. The van der Waals surface area contributed by atoms with Crippen LogP contribution in [0.1, 0.15) is 33.1 Å². The molecule has 1 nitrogen and oxygen atoms in total. The Bertz CT molecular complexity index is 177. The zero-order chi connectivity index (χ0) is 8.81. The van der Waals surface area contributed by atoms with Crippen molar-refractivity contribution in [1.29, 1.82) is 0 Å². The van der Waals surface area contributed by atoms with Crippen LogP contribution in [0.15, 0.2) is 24.0 Å². The Morgan fingerprint density at radius 2 is 2.42 bits per heavy atom. The second-order valence-corrected chi connectivity index (χ2v) is 3.63. The van der Waals surface area contributed by atoms with Crippen LogP contribution in [0.3, 0.4) is 0 Å². The first kappa shape index (κ1) is 9.37. The fourth-order valence-corrected chi connectivity index (χ4v) is 1.15. The third kappa shape index (κ3) is 3.61. The first-order valence-electron chi connectivity index (χ1n) is 4.78. The van der Waals surface area contributed by atoms with Crippen molar-refractivity contribution < 1.29 is 4.74 Å². The summed E-state index contributed by atoms with van der Waals surface area (Å²) in [6.45, 7) is 5.33. The first-order valence-corrected chi connectivity index (χ1v) is 4.78. The van der Waals surface area contributed by atoms with E-state index in [9.17, 15) is 0 Å². The van der Waals surface area contributed by atoms with E-state index in [-0.39, 0.29) is 0 Å². The van der Waals surface area contributed by atoms with Crippen LogP contribution in [0.5, 0.6) is 0 Å². The summed E-state index contributed by atoms with van der Waals surface area (Å²) in [5, 5.41) is 0. The summed E-state index contributed by atoms with van der Waals surface area (Å²) >= 11 is 0. The average Bonchev–Trinajstić information content (AvgIpc) is 2.05. The molecule has 0 unspecified atom stereocenters. The van der Waals surface area contributed by atoms with E-state index >= 15 is 0 Å². The van der Waals surface area contributed by atoms with Crippen molar-refractivity contribution in [3.8, 4) is 0 Å². The lowest BCUT2D eigenvalue weighted by molar-refractivity contribution is 0.206. The third-order valence-electron chi connectivity index (χ3n) is 1.85. The van der Waals surface area contributed by atoms with Gasteiger partial charge in [0.2, 0.25) is 0 Å². The summed E-state index contributed by atoms with van der Waals surface area (Å²) in [7, 11) is 0. The molecule has 0 amide bonds. The number of allylic oxidation sites excluding steroid dienone is 3. The zero-order valence-corrected chi connectivity index (χ0v) is 8.05. The minimum Gasteiger partial charge on any atom is -0.494 e. The quantitative estimate of drug-likeness (QED) is 0.625. The molecule has 1 rings (SSSR count). The predicted molar refractivity (Wildman–Crippen MR) is 51.9 cm³/mol. The molecule has 1 heterocycles. The predicted octanol–water partition coefficient (Wildman–Crippen LogP) is 3.28. The Labute approximate surface area is 75.1 Å². The number of rotatable bonds is 3. The van der Waals surface area contributed by atoms with Gasteiger partial charge in [0.15, 0.2) is 0 Å². The summed E-state index contributed by atoms with van der Waals surface area (Å²) in [5.74, 6) is 1.80. The van der Waals surface area contributed by atoms with Gasteiger partial charge >= 0.3 is 0 Å². The molecule has 0 bridgehead atoms. The van der Waals surface area contributed by atoms with Crippen LogP contribution in [-0.2, 0) is 4.74 Å². The topological polar surface area (TPSA) is 9.23 Å². The zero-order valence-electron chi connectivity index (χ0n) is 8.05. The highest BCUT2D eigenvalue weighted by Crippen LogP contribution is 2.11. The maximum Gasteiger partial charge on any atom is 0.114 e. The van der Waals surface area contributed by atoms with Crippen molar-refractivity contribution >= 4 is 0 Å². The van der Waals surface area contributed by atoms with Crippen LogP contribution in [0.25, 0.3) is 0 Å². The van der Waals surface area contributed by atoms with Crippen LogP contribution < -0.4 is 0 Å². The lowest BCUT2D eigenvalue weighted by Gasteiger charge is -2.11. The van der Waals surface area contributed by atoms with Crippen molar-refractivity contribution in [2.75, 3.05) is 6.61 Å². The fourth-order valence-electron chi connectivity index (χ4n) is 1.15. The SMILES string of the molecule is CC(C)C/C=C/C1=CCCCO1. The van der Waals surface area contributed by atoms with Gasteiger partial charge in [-0.15, -0.1) is 0 Å². The highest BCUT2D eigenvalue weighted by molar-refractivity contribution is 5.13. The van der Waals surface area contributed by atoms with Gasteiger partial charge in [-0.2, -0.15) is 0 Å². The van der Waals surface area contributed by atoms with Crippen LogP contribution >= 0.6 is 0 Å². The second-order valence-electron chi connectivity index (χ2n) is 3.63. The van der Waals surface area contributed by atoms with Gasteiger partial charge in [0.25, 0.3) is 0 Å². The van der Waals surface area contributed by atoms with Gasteiger partial charge in [0.1, 0.15) is 5.76 Å². The molecule has 0 fully saturated rings. The second kappa shape index (κ2) is 5.02. The Morgan fingerprint density at radius 1 is 1.58 bits per heavy atom. The molecule has 0 aromatic heterocycles. The molecule has 1 heteroatoms. The summed E-state index contributed by atoms with van der Waals surface area (Å²) < 4.78 is 5.43. The average molecular weight is 166 g/mol. The van der Waals surface area contributed by atoms with E-state index in [4.69, 9.17) is 4.74 Å². The lowest BCUT2D eigenvalue weighted by atomic mass is 10.1. The lowest BCUT2D eigenvalue weighted by Crippen LogP contribution is -1.98. The van der Waals surface area contributed by atoms with Gasteiger partial charge in [-0.3, -0.25) is 0 Å². The number of ether oxygens (including phenoxy) is 1. The molecule has 12 heavy (non-hydrogen) atoms. The molecule has 1 aliphatic rings. The van der Waals surface area contributed by atoms with Crippen LogP contribution in [0.4, 0.5) is 0 Å². The minimum absolute atomic E-state index is 0.741. The first-order chi connectivity index (χ1) is 5.79. The van der Waals surface area contributed by atoms with E-state index in [0.717, 1.165) is 24.7 Å². The van der Waals surface area contributed by atoms with Gasteiger partial charge in [-0.05, 0) is 37.3 Å². The van der Waals surface area contributed by atoms with Crippen molar-refractivity contribution in [1.82, 2.24) is 0 Å². The molecule has 0 saturated heterocycles. The van der Waals surface area contributed by atoms with Crippen molar-refractivity contribution in [3.63, 3.8) is 0 Å². The molecule has 0 aromatic carbocycles. The van der Waals surface area contributed by atoms with E-state index in [1.807, 2.05) is 0 Å². The van der Waals surface area contributed by atoms with E-state index in [1.54, 1.807) is 0 Å². The monoisotopic (exact) mass is 166 g/mol. The molecular weight excluding hydrogens is 148 g/mol. The smallest absolute Gasteiger partial charge is 0.114 e. The number of hydrogen-bond acceptors (Lipinski definition) is 1. The molecule has 0 N–H and O–H groups in total. The molecule has 68 valence electrons. The van der Waals surface area contributed by atoms with E-state index in [0.29, 0.717) is 0 Å². The maximum atomic E-state index is 5.43. The van der Waals surface area contributed by atoms with Crippen LogP contribution in [0.2, 0.25) is 0 Å². The Kier molecular flexibility index (Phi) is 3.92. The van der Waals surface area contributed by atoms with Crippen LogP contribution in [-0.4, -0.2) is 6.61 Å². The normalized spacial score (nSPS) is 18.1. The van der Waals surface area contributed by atoms with Gasteiger partial charge < -0.3 is 4.74 Å². The summed E-state index contributed by atoms with van der Waals surface area (Å²) in [4.78, 5) is 0. The van der Waals surface area contributed by atoms with E-state index in [2.05, 4.69) is 32.1 Å². The Balaban J connectivity index is 2.29. The summed E-state index contributed by atoms with van der Waals surface area (Å²) in [5.41, 5.74) is 0. The highest BCUT2D eigenvalue weighted by atomic mass is 16.5. The molecular formula is C11H18O. The molecule has 0 aromatic rings. The Hall–Kier alpha value is -0.720. The van der Waals surface area contributed by atoms with Crippen LogP contribution in [0, 0.1) is 5.92 Å². The number of hydrogen-bond donors (Lipinski definition) is 0. The van der Waals surface area contributed by atoms with Crippen molar-refractivity contribution in [3.05, 3.63) is 24.0 Å². The molecule has 0 saturated carbocycles. The van der Waals surface area contributed by atoms with Crippen molar-refractivity contribution in [2.45, 2.75) is 33.1 Å². The highest BCUT2D eigenvalue weighted by Gasteiger charge is 1.99. The van der Waals surface area contributed by atoms with Gasteiger partial charge in [-0.1, -0.05) is 19.9 Å². The van der Waals surface area contributed by atoms with Gasteiger partial charge in [-0.25, -0.2) is 0 Å². The molecule has 0 atom stereocenters. The van der Waals surface area contributed by atoms with Gasteiger partial charge in [0.05, 0.1) is 6.61 Å². The molecule has 0 radical (unpaired) electrons. The summed E-state index contributed by atoms with van der Waals surface area (Å²) in [6, 6.07) is 0. The molecule has 0 aliphatic carbocycles. The largest absolute Gasteiger partial charge is 0.494 e. The third-order valence-corrected chi connectivity index (χ3v) is 1.85. The van der Waals surface area contributed by atoms with E-state index in [1.165, 1.54) is 12.8 Å².